The van der Waals surface area contributed by atoms with Crippen LogP contribution in [0.5, 0.6) is 0 Å². The summed E-state index contributed by atoms with van der Waals surface area (Å²) in [4.78, 5) is 18.5. The van der Waals surface area contributed by atoms with Crippen LogP contribution in [-0.2, 0) is 6.54 Å². The number of carbonyl (C=O) groups is 1. The Morgan fingerprint density at radius 1 is 1.32 bits per heavy atom. The summed E-state index contributed by atoms with van der Waals surface area (Å²) in [5.74, 6) is 0.494. The van der Waals surface area contributed by atoms with Crippen molar-refractivity contribution in [3.05, 3.63) is 65.5 Å². The van der Waals surface area contributed by atoms with Gasteiger partial charge in [0.05, 0.1) is 6.04 Å². The first-order valence-electron chi connectivity index (χ1n) is 7.65. The number of carbonyl (C=O) groups excluding carboxylic acids is 1. The summed E-state index contributed by atoms with van der Waals surface area (Å²) in [6.45, 7) is 5.50. The largest absolute Gasteiger partial charge is 0.334 e. The van der Waals surface area contributed by atoms with Crippen LogP contribution in [0.25, 0.3) is 0 Å². The van der Waals surface area contributed by atoms with Crippen molar-refractivity contribution in [1.82, 2.24) is 15.2 Å². The minimum absolute atomic E-state index is 0.00606. The van der Waals surface area contributed by atoms with Crippen molar-refractivity contribution in [2.24, 2.45) is 5.92 Å². The van der Waals surface area contributed by atoms with Crippen molar-refractivity contribution in [1.29, 1.82) is 0 Å². The van der Waals surface area contributed by atoms with Crippen molar-refractivity contribution in [2.75, 3.05) is 6.54 Å². The third kappa shape index (κ3) is 2.96. The van der Waals surface area contributed by atoms with E-state index < -0.39 is 0 Å². The van der Waals surface area contributed by atoms with E-state index in [1.807, 2.05) is 42.3 Å². The van der Waals surface area contributed by atoms with Gasteiger partial charge in [0, 0.05) is 25.5 Å². The van der Waals surface area contributed by atoms with Gasteiger partial charge in [0.25, 0.3) is 0 Å². The molecule has 2 atom stereocenters. The fourth-order valence-electron chi connectivity index (χ4n) is 3.05. The van der Waals surface area contributed by atoms with E-state index in [1.165, 1.54) is 5.56 Å². The topological polar surface area (TPSA) is 45.2 Å². The van der Waals surface area contributed by atoms with E-state index in [9.17, 15) is 4.79 Å². The van der Waals surface area contributed by atoms with Gasteiger partial charge in [-0.05, 0) is 29.5 Å². The highest BCUT2D eigenvalue weighted by molar-refractivity contribution is 5.75. The summed E-state index contributed by atoms with van der Waals surface area (Å²) in [5, 5.41) is 3.00. The lowest BCUT2D eigenvalue weighted by Gasteiger charge is -2.46. The van der Waals surface area contributed by atoms with E-state index in [0.717, 1.165) is 17.7 Å². The van der Waals surface area contributed by atoms with Gasteiger partial charge in [-0.1, -0.05) is 43.3 Å². The molecule has 3 rings (SSSR count). The fourth-order valence-corrected chi connectivity index (χ4v) is 3.05. The third-order valence-corrected chi connectivity index (χ3v) is 4.14. The van der Waals surface area contributed by atoms with Gasteiger partial charge in [0.15, 0.2) is 0 Å². The number of urea groups is 1. The van der Waals surface area contributed by atoms with Gasteiger partial charge in [-0.2, -0.15) is 0 Å². The Morgan fingerprint density at radius 3 is 2.77 bits per heavy atom. The number of rotatable bonds is 3. The highest BCUT2D eigenvalue weighted by atomic mass is 16.2. The number of nitrogens with zero attached hydrogens (tertiary/aromatic N) is 2. The second-order valence-electron chi connectivity index (χ2n) is 6.01. The Labute approximate surface area is 131 Å². The minimum Gasteiger partial charge on any atom is -0.334 e. The molecule has 0 radical (unpaired) electrons. The zero-order valence-electron chi connectivity index (χ0n) is 13.0. The first-order valence-corrected chi connectivity index (χ1v) is 7.65. The van der Waals surface area contributed by atoms with Crippen LogP contribution >= 0.6 is 0 Å². The molecule has 1 aliphatic heterocycles. The minimum atomic E-state index is -0.00606. The van der Waals surface area contributed by atoms with E-state index in [-0.39, 0.29) is 12.1 Å². The highest BCUT2D eigenvalue weighted by Gasteiger charge is 2.39. The first-order chi connectivity index (χ1) is 10.6. The van der Waals surface area contributed by atoms with Crippen LogP contribution in [0.2, 0.25) is 0 Å². The van der Waals surface area contributed by atoms with Crippen LogP contribution < -0.4 is 5.32 Å². The van der Waals surface area contributed by atoms with Crippen LogP contribution in [0.4, 0.5) is 4.79 Å². The molecule has 2 amide bonds. The van der Waals surface area contributed by atoms with E-state index in [0.29, 0.717) is 12.5 Å². The Bertz CT molecular complexity index is 656. The molecule has 114 valence electrons. The summed E-state index contributed by atoms with van der Waals surface area (Å²) in [6.07, 6.45) is 3.61. The summed E-state index contributed by atoms with van der Waals surface area (Å²) in [6, 6.07) is 12.4. The molecule has 1 aromatic heterocycles. The lowest BCUT2D eigenvalue weighted by atomic mass is 9.85. The predicted octanol–water partition coefficient (Wildman–Crippen LogP) is 3.29. The molecule has 4 heteroatoms. The van der Waals surface area contributed by atoms with Crippen LogP contribution in [0.15, 0.2) is 48.8 Å². The Morgan fingerprint density at radius 2 is 2.09 bits per heavy atom. The predicted molar refractivity (Wildman–Crippen MR) is 86.3 cm³/mol. The zero-order chi connectivity index (χ0) is 15.5. The molecule has 0 unspecified atom stereocenters. The molecule has 0 aliphatic carbocycles. The number of amides is 2. The Hall–Kier alpha value is -2.36. The zero-order valence-corrected chi connectivity index (χ0v) is 13.0. The second-order valence-corrected chi connectivity index (χ2v) is 6.01. The summed E-state index contributed by atoms with van der Waals surface area (Å²) in [7, 11) is 0. The number of aromatic nitrogens is 1. The molecule has 4 nitrogen and oxygen atoms in total. The smallest absolute Gasteiger partial charge is 0.318 e. The van der Waals surface area contributed by atoms with Gasteiger partial charge >= 0.3 is 6.03 Å². The van der Waals surface area contributed by atoms with E-state index in [2.05, 4.69) is 29.4 Å². The van der Waals surface area contributed by atoms with E-state index in [4.69, 9.17) is 0 Å². The van der Waals surface area contributed by atoms with Crippen molar-refractivity contribution in [3.63, 3.8) is 0 Å². The number of likely N-dealkylation sites (tertiary alicyclic amines) is 1. The monoisotopic (exact) mass is 295 g/mol. The number of aryl methyl sites for hydroxylation is 1. The molecular formula is C18H21N3O. The molecular weight excluding hydrogens is 274 g/mol. The van der Waals surface area contributed by atoms with Gasteiger partial charge in [-0.3, -0.25) is 4.98 Å². The maximum Gasteiger partial charge on any atom is 0.318 e. The van der Waals surface area contributed by atoms with Gasteiger partial charge in [-0.25, -0.2) is 4.79 Å². The molecule has 0 bridgehead atoms. The Balaban J connectivity index is 1.63. The molecule has 1 N–H and O–H groups in total. The molecule has 0 spiro atoms. The normalized spacial score (nSPS) is 20.4. The molecule has 1 aliphatic rings. The Kier molecular flexibility index (Phi) is 4.09. The number of hydrogen-bond acceptors (Lipinski definition) is 2. The van der Waals surface area contributed by atoms with Gasteiger partial charge in [0.2, 0.25) is 0 Å². The molecule has 22 heavy (non-hydrogen) atoms. The molecule has 1 aromatic carbocycles. The van der Waals surface area contributed by atoms with Gasteiger partial charge in [-0.15, -0.1) is 0 Å². The van der Waals surface area contributed by atoms with E-state index >= 15 is 0 Å². The molecule has 2 aromatic rings. The molecule has 1 saturated heterocycles. The van der Waals surface area contributed by atoms with Crippen LogP contribution in [0.3, 0.4) is 0 Å². The van der Waals surface area contributed by atoms with Crippen molar-refractivity contribution in [3.8, 4) is 0 Å². The number of benzene rings is 1. The van der Waals surface area contributed by atoms with Crippen molar-refractivity contribution in [2.45, 2.75) is 26.4 Å². The number of nitrogens with one attached hydrogen (secondary N) is 1. The van der Waals surface area contributed by atoms with E-state index in [1.54, 1.807) is 6.20 Å². The lowest BCUT2D eigenvalue weighted by Crippen LogP contribution is -2.54. The maximum absolute atomic E-state index is 12.4. The van der Waals surface area contributed by atoms with Crippen LogP contribution in [-0.4, -0.2) is 22.5 Å². The van der Waals surface area contributed by atoms with Crippen LogP contribution in [0.1, 0.15) is 29.7 Å². The fraction of sp³-hybridized carbons (Fsp3) is 0.333. The van der Waals surface area contributed by atoms with Gasteiger partial charge in [0.1, 0.15) is 0 Å². The maximum atomic E-state index is 12.4. The second kappa shape index (κ2) is 6.18. The standard InChI is InChI=1S/C18H21N3O/c1-13-8-15(10-19-9-13)11-20-18(22)21-12-14(2)17(21)16-6-4-3-5-7-16/h3-10,14,17H,11-12H2,1-2H3,(H,20,22)/t14-,17-/m1/s1. The average molecular weight is 295 g/mol. The lowest BCUT2D eigenvalue weighted by molar-refractivity contribution is 0.0591. The molecule has 0 saturated carbocycles. The molecule has 2 heterocycles. The third-order valence-electron chi connectivity index (χ3n) is 4.14. The van der Waals surface area contributed by atoms with Crippen molar-refractivity contribution < 1.29 is 4.79 Å². The van der Waals surface area contributed by atoms with Crippen LogP contribution in [0, 0.1) is 12.8 Å². The van der Waals surface area contributed by atoms with Crippen molar-refractivity contribution >= 4 is 6.03 Å². The quantitative estimate of drug-likeness (QED) is 0.944. The summed E-state index contributed by atoms with van der Waals surface area (Å²) >= 11 is 0. The molecule has 1 fully saturated rings. The number of hydrogen-bond donors (Lipinski definition) is 1. The number of pyridine rings is 1. The first kappa shape index (κ1) is 14.6. The highest BCUT2D eigenvalue weighted by Crippen LogP contribution is 2.38. The SMILES string of the molecule is Cc1cncc(CNC(=O)N2C[C@@H](C)[C@@H]2c2ccccc2)c1. The average Bonchev–Trinajstić information content (AvgIpc) is 2.51. The van der Waals surface area contributed by atoms with Gasteiger partial charge < -0.3 is 10.2 Å². The summed E-state index contributed by atoms with van der Waals surface area (Å²) in [5.41, 5.74) is 3.33. The summed E-state index contributed by atoms with van der Waals surface area (Å²) < 4.78 is 0.